The molecule has 0 N–H and O–H groups in total. The zero-order valence-electron chi connectivity index (χ0n) is 35.3. The second-order valence-electron chi connectivity index (χ2n) is 21.2. The number of rotatable bonds is 4. The highest BCUT2D eigenvalue weighted by Gasteiger charge is 2.61. The van der Waals surface area contributed by atoms with Gasteiger partial charge in [0, 0.05) is 22.1 Å². The molecule has 0 amide bonds. The Hall–Kier alpha value is -4.88. The van der Waals surface area contributed by atoms with E-state index in [0.717, 1.165) is 23.7 Å². The van der Waals surface area contributed by atoms with Crippen LogP contribution in [0.4, 0.5) is 17.1 Å². The number of anilines is 3. The maximum Gasteiger partial charge on any atom is 0.0546 e. The number of nitrogens with zero attached hydrogens (tertiary/aromatic N) is 1. The van der Waals surface area contributed by atoms with Crippen LogP contribution in [0, 0.1) is 23.7 Å². The summed E-state index contributed by atoms with van der Waals surface area (Å²) in [5, 5.41) is 0. The fraction of sp³-hybridized carbons (Fsp3) is 0.368. The quantitative estimate of drug-likeness (QED) is 0.173. The van der Waals surface area contributed by atoms with Crippen LogP contribution in [0.25, 0.3) is 33.4 Å². The maximum absolute atomic E-state index is 2.73. The fourth-order valence-corrected chi connectivity index (χ4v) is 14.3. The lowest BCUT2D eigenvalue weighted by Gasteiger charge is -2.61. The van der Waals surface area contributed by atoms with Gasteiger partial charge in [0.2, 0.25) is 0 Å². The van der Waals surface area contributed by atoms with Crippen molar-refractivity contribution in [3.8, 4) is 33.4 Å². The second kappa shape index (κ2) is 11.9. The number of benzene rings is 6. The molecule has 4 bridgehead atoms. The Morgan fingerprint density at radius 1 is 0.431 bits per heavy atom. The molecule has 6 aromatic carbocycles. The van der Waals surface area contributed by atoms with Crippen molar-refractivity contribution in [1.29, 1.82) is 0 Å². The summed E-state index contributed by atoms with van der Waals surface area (Å²) in [5.41, 5.74) is 21.4. The van der Waals surface area contributed by atoms with Gasteiger partial charge in [0.15, 0.2) is 0 Å². The smallest absolute Gasteiger partial charge is 0.0546 e. The molecule has 1 heteroatoms. The molecule has 1 spiro atoms. The average Bonchev–Trinajstić information content (AvgIpc) is 3.63. The van der Waals surface area contributed by atoms with Gasteiger partial charge in [-0.25, -0.2) is 0 Å². The van der Waals surface area contributed by atoms with Crippen molar-refractivity contribution in [2.45, 2.75) is 108 Å². The van der Waals surface area contributed by atoms with Crippen molar-refractivity contribution in [1.82, 2.24) is 0 Å². The molecule has 7 aliphatic rings. The molecule has 0 radical (unpaired) electrons. The van der Waals surface area contributed by atoms with E-state index in [-0.39, 0.29) is 21.7 Å². The van der Waals surface area contributed by atoms with E-state index < -0.39 is 0 Å². The van der Waals surface area contributed by atoms with Crippen LogP contribution in [0.3, 0.4) is 0 Å². The van der Waals surface area contributed by atoms with E-state index in [0.29, 0.717) is 0 Å². The third-order valence-corrected chi connectivity index (χ3v) is 16.9. The molecular formula is C57H57N. The van der Waals surface area contributed by atoms with E-state index in [1.165, 1.54) is 118 Å². The van der Waals surface area contributed by atoms with Crippen LogP contribution >= 0.6 is 0 Å². The summed E-state index contributed by atoms with van der Waals surface area (Å²) in [5.74, 6) is 3.28. The lowest BCUT2D eigenvalue weighted by Crippen LogP contribution is -2.55. The third-order valence-electron chi connectivity index (χ3n) is 16.9. The van der Waals surface area contributed by atoms with Crippen LogP contribution in [0.5, 0.6) is 0 Å². The average molecular weight is 756 g/mol. The standard InChI is InChI=1S/C57H57N/c1-54(2)25-26-55(3,4)53-48(54)21-14-22-51(53)58(40-23-24-43-41-17-10-12-19-46(41)56(5,6)49(43)32-40)52-34-45-42-18-11-13-20-47(42)57(38-28-35-27-36(30-38)31-39(57)29-35)50(45)33-44(52)37-15-8-7-9-16-37/h7-24,32-36,38-39H,25-31H2,1-6H3. The van der Waals surface area contributed by atoms with Crippen LogP contribution in [-0.4, -0.2) is 0 Å². The number of fused-ring (bicyclic) bond motifs is 7. The summed E-state index contributed by atoms with van der Waals surface area (Å²) in [6, 6.07) is 50.2. The lowest BCUT2D eigenvalue weighted by atomic mass is 9.43. The van der Waals surface area contributed by atoms with Crippen molar-refractivity contribution < 1.29 is 0 Å². The number of hydrogen-bond acceptors (Lipinski definition) is 1. The Morgan fingerprint density at radius 2 is 1.03 bits per heavy atom. The van der Waals surface area contributed by atoms with Gasteiger partial charge in [-0.05, 0) is 171 Å². The van der Waals surface area contributed by atoms with E-state index in [9.17, 15) is 0 Å². The van der Waals surface area contributed by atoms with Crippen molar-refractivity contribution >= 4 is 17.1 Å². The molecule has 0 saturated heterocycles. The SMILES string of the molecule is CC1(C)CCC(C)(C)c2c(N(c3ccc4c(c3)C(C)(C)c3ccccc3-4)c3cc4c(cc3-c3ccccc3)C3(c5ccccc5-4)C4CC5CC(C4)CC3C5)cccc21. The zero-order chi connectivity index (χ0) is 39.3. The van der Waals surface area contributed by atoms with Crippen LogP contribution < -0.4 is 4.90 Å². The summed E-state index contributed by atoms with van der Waals surface area (Å²) < 4.78 is 0. The Labute approximate surface area is 346 Å². The second-order valence-corrected chi connectivity index (χ2v) is 21.2. The van der Waals surface area contributed by atoms with Gasteiger partial charge >= 0.3 is 0 Å². The molecule has 0 heterocycles. The van der Waals surface area contributed by atoms with Crippen LogP contribution in [-0.2, 0) is 21.7 Å². The first-order valence-electron chi connectivity index (χ1n) is 22.5. The van der Waals surface area contributed by atoms with Crippen LogP contribution in [0.1, 0.15) is 120 Å². The molecule has 4 fully saturated rings. The Morgan fingerprint density at radius 3 is 1.76 bits per heavy atom. The highest BCUT2D eigenvalue weighted by Crippen LogP contribution is 2.70. The fourth-order valence-electron chi connectivity index (χ4n) is 14.3. The highest BCUT2D eigenvalue weighted by molar-refractivity contribution is 5.97. The summed E-state index contributed by atoms with van der Waals surface area (Å²) in [7, 11) is 0. The molecule has 0 atom stereocenters. The summed E-state index contributed by atoms with van der Waals surface area (Å²) in [6.45, 7) is 14.8. The van der Waals surface area contributed by atoms with Crippen molar-refractivity contribution in [3.05, 3.63) is 161 Å². The molecule has 7 aliphatic carbocycles. The van der Waals surface area contributed by atoms with Crippen molar-refractivity contribution in [2.75, 3.05) is 4.90 Å². The molecule has 6 aromatic rings. The van der Waals surface area contributed by atoms with Gasteiger partial charge in [0.25, 0.3) is 0 Å². The van der Waals surface area contributed by atoms with Gasteiger partial charge in [0.05, 0.1) is 11.4 Å². The largest absolute Gasteiger partial charge is 0.310 e. The predicted octanol–water partition coefficient (Wildman–Crippen LogP) is 15.2. The predicted molar refractivity (Wildman–Crippen MR) is 243 cm³/mol. The van der Waals surface area contributed by atoms with Gasteiger partial charge in [-0.3, -0.25) is 0 Å². The molecule has 0 unspecified atom stereocenters. The van der Waals surface area contributed by atoms with E-state index in [2.05, 4.69) is 174 Å². The molecule has 58 heavy (non-hydrogen) atoms. The van der Waals surface area contributed by atoms with Crippen LogP contribution in [0.15, 0.2) is 127 Å². The highest BCUT2D eigenvalue weighted by atomic mass is 15.1. The zero-order valence-corrected chi connectivity index (χ0v) is 35.3. The molecular weight excluding hydrogens is 699 g/mol. The first kappa shape index (κ1) is 35.1. The molecule has 13 rings (SSSR count). The molecule has 0 aromatic heterocycles. The van der Waals surface area contributed by atoms with Crippen molar-refractivity contribution in [3.63, 3.8) is 0 Å². The summed E-state index contributed by atoms with van der Waals surface area (Å²) in [4.78, 5) is 2.72. The Kier molecular flexibility index (Phi) is 7.18. The topological polar surface area (TPSA) is 3.24 Å². The van der Waals surface area contributed by atoms with Gasteiger partial charge in [-0.2, -0.15) is 0 Å². The van der Waals surface area contributed by atoms with E-state index >= 15 is 0 Å². The Balaban J connectivity index is 1.17. The minimum Gasteiger partial charge on any atom is -0.310 e. The van der Waals surface area contributed by atoms with Gasteiger partial charge in [-0.15, -0.1) is 0 Å². The lowest BCUT2D eigenvalue weighted by molar-refractivity contribution is -0.0399. The van der Waals surface area contributed by atoms with Crippen molar-refractivity contribution in [2.24, 2.45) is 23.7 Å². The number of hydrogen-bond donors (Lipinski definition) is 0. The Bertz CT molecular complexity index is 2640. The monoisotopic (exact) mass is 755 g/mol. The third kappa shape index (κ3) is 4.60. The maximum atomic E-state index is 2.73. The molecule has 0 aliphatic heterocycles. The van der Waals surface area contributed by atoms with Gasteiger partial charge < -0.3 is 4.90 Å². The van der Waals surface area contributed by atoms with Gasteiger partial charge in [-0.1, -0.05) is 139 Å². The molecule has 1 nitrogen and oxygen atoms in total. The normalized spacial score (nSPS) is 26.8. The van der Waals surface area contributed by atoms with E-state index in [4.69, 9.17) is 0 Å². The first-order chi connectivity index (χ1) is 28.0. The summed E-state index contributed by atoms with van der Waals surface area (Å²) in [6.07, 6.45) is 9.40. The first-order valence-corrected chi connectivity index (χ1v) is 22.5. The summed E-state index contributed by atoms with van der Waals surface area (Å²) >= 11 is 0. The minimum atomic E-state index is -0.101. The molecule has 4 saturated carbocycles. The van der Waals surface area contributed by atoms with Crippen LogP contribution in [0.2, 0.25) is 0 Å². The minimum absolute atomic E-state index is 0.0204. The van der Waals surface area contributed by atoms with Gasteiger partial charge in [0.1, 0.15) is 0 Å². The van der Waals surface area contributed by atoms with E-state index in [1.807, 2.05) is 0 Å². The van der Waals surface area contributed by atoms with E-state index in [1.54, 1.807) is 11.1 Å². The molecule has 290 valence electrons.